The van der Waals surface area contributed by atoms with Crippen LogP contribution in [0.25, 0.3) is 10.8 Å². The zero-order valence-corrected chi connectivity index (χ0v) is 15.3. The SMILES string of the molecule is O=C(Cc1cccc2ccccc12)NC[C@@H](c1ccco1)N1CCOCC1. The number of benzene rings is 2. The molecule has 4 rings (SSSR count). The molecule has 2 heterocycles. The quantitative estimate of drug-likeness (QED) is 0.730. The standard InChI is InChI=1S/C22H24N2O3/c25-22(15-18-7-3-6-17-5-1-2-8-19(17)18)23-16-20(21-9-4-12-27-21)24-10-13-26-14-11-24/h1-9,12,20H,10-11,13-16H2,(H,23,25)/t20-/m0/s1. The van der Waals surface area contributed by atoms with Crippen LogP contribution < -0.4 is 5.32 Å². The predicted octanol–water partition coefficient (Wildman–Crippen LogP) is 3.17. The fourth-order valence-corrected chi connectivity index (χ4v) is 3.67. The summed E-state index contributed by atoms with van der Waals surface area (Å²) in [7, 11) is 0. The van der Waals surface area contributed by atoms with E-state index in [-0.39, 0.29) is 11.9 Å². The molecule has 1 aliphatic rings. The van der Waals surface area contributed by atoms with Crippen LogP contribution in [0.5, 0.6) is 0 Å². The summed E-state index contributed by atoms with van der Waals surface area (Å²) in [4.78, 5) is 14.9. The van der Waals surface area contributed by atoms with Crippen LogP contribution in [-0.4, -0.2) is 43.7 Å². The van der Waals surface area contributed by atoms with Crippen molar-refractivity contribution in [3.63, 3.8) is 0 Å². The monoisotopic (exact) mass is 364 g/mol. The van der Waals surface area contributed by atoms with Crippen LogP contribution in [-0.2, 0) is 16.0 Å². The van der Waals surface area contributed by atoms with E-state index in [4.69, 9.17) is 9.15 Å². The van der Waals surface area contributed by atoms with Gasteiger partial charge in [-0.25, -0.2) is 0 Å². The molecule has 0 saturated carbocycles. The number of amides is 1. The summed E-state index contributed by atoms with van der Waals surface area (Å²) >= 11 is 0. The van der Waals surface area contributed by atoms with Crippen LogP contribution in [0.4, 0.5) is 0 Å². The van der Waals surface area contributed by atoms with Gasteiger partial charge in [-0.1, -0.05) is 42.5 Å². The summed E-state index contributed by atoms with van der Waals surface area (Å²) < 4.78 is 11.1. The van der Waals surface area contributed by atoms with E-state index in [2.05, 4.69) is 28.4 Å². The van der Waals surface area contributed by atoms with Crippen molar-refractivity contribution in [3.05, 3.63) is 72.2 Å². The van der Waals surface area contributed by atoms with Gasteiger partial charge in [0.05, 0.1) is 31.9 Å². The fourth-order valence-electron chi connectivity index (χ4n) is 3.67. The number of furan rings is 1. The second-order valence-electron chi connectivity index (χ2n) is 6.80. The lowest BCUT2D eigenvalue weighted by molar-refractivity contribution is -0.120. The van der Waals surface area contributed by atoms with Crippen LogP contribution >= 0.6 is 0 Å². The molecular weight excluding hydrogens is 340 g/mol. The normalized spacial score (nSPS) is 16.3. The molecule has 1 saturated heterocycles. The van der Waals surface area contributed by atoms with E-state index in [0.29, 0.717) is 26.2 Å². The lowest BCUT2D eigenvalue weighted by Crippen LogP contribution is -2.43. The third kappa shape index (κ3) is 4.21. The highest BCUT2D eigenvalue weighted by molar-refractivity contribution is 5.90. The van der Waals surface area contributed by atoms with Crippen molar-refractivity contribution in [1.82, 2.24) is 10.2 Å². The highest BCUT2D eigenvalue weighted by Gasteiger charge is 2.25. The van der Waals surface area contributed by atoms with Crippen LogP contribution in [0.1, 0.15) is 17.4 Å². The van der Waals surface area contributed by atoms with Crippen molar-refractivity contribution in [2.45, 2.75) is 12.5 Å². The Morgan fingerprint density at radius 2 is 1.85 bits per heavy atom. The molecule has 0 radical (unpaired) electrons. The second kappa shape index (κ2) is 8.37. The number of hydrogen-bond acceptors (Lipinski definition) is 4. The summed E-state index contributed by atoms with van der Waals surface area (Å²) in [5.41, 5.74) is 1.05. The molecule has 0 bridgehead atoms. The Labute approximate surface area is 158 Å². The van der Waals surface area contributed by atoms with E-state index in [0.717, 1.165) is 35.2 Å². The summed E-state index contributed by atoms with van der Waals surface area (Å²) in [6.07, 6.45) is 2.05. The molecule has 3 aromatic rings. The van der Waals surface area contributed by atoms with Gasteiger partial charge in [0.2, 0.25) is 5.91 Å². The molecule has 0 unspecified atom stereocenters. The highest BCUT2D eigenvalue weighted by atomic mass is 16.5. The van der Waals surface area contributed by atoms with Crippen molar-refractivity contribution in [2.75, 3.05) is 32.8 Å². The highest BCUT2D eigenvalue weighted by Crippen LogP contribution is 2.22. The van der Waals surface area contributed by atoms with E-state index in [9.17, 15) is 4.79 Å². The minimum atomic E-state index is 0.0242. The molecule has 1 aliphatic heterocycles. The first-order chi connectivity index (χ1) is 13.3. The number of fused-ring (bicyclic) bond motifs is 1. The number of morpholine rings is 1. The van der Waals surface area contributed by atoms with E-state index in [1.165, 1.54) is 0 Å². The first kappa shape index (κ1) is 17.8. The molecule has 2 aromatic carbocycles. The Morgan fingerprint density at radius 3 is 2.67 bits per heavy atom. The van der Waals surface area contributed by atoms with Crippen molar-refractivity contribution in [1.29, 1.82) is 0 Å². The Balaban J connectivity index is 1.43. The number of hydrogen-bond donors (Lipinski definition) is 1. The Kier molecular flexibility index (Phi) is 5.51. The van der Waals surface area contributed by atoms with E-state index >= 15 is 0 Å². The molecular formula is C22H24N2O3. The second-order valence-corrected chi connectivity index (χ2v) is 6.80. The molecule has 140 valence electrons. The van der Waals surface area contributed by atoms with Crippen LogP contribution in [0.3, 0.4) is 0 Å². The van der Waals surface area contributed by atoms with Gasteiger partial charge < -0.3 is 14.5 Å². The van der Waals surface area contributed by atoms with Gasteiger partial charge in [-0.05, 0) is 28.5 Å². The molecule has 1 atom stereocenters. The smallest absolute Gasteiger partial charge is 0.224 e. The average molecular weight is 364 g/mol. The van der Waals surface area contributed by atoms with E-state index < -0.39 is 0 Å². The molecule has 5 nitrogen and oxygen atoms in total. The van der Waals surface area contributed by atoms with Gasteiger partial charge in [0, 0.05) is 19.6 Å². The Hall–Kier alpha value is -2.63. The number of nitrogens with one attached hydrogen (secondary N) is 1. The van der Waals surface area contributed by atoms with Crippen LogP contribution in [0.2, 0.25) is 0 Å². The summed E-state index contributed by atoms with van der Waals surface area (Å²) in [5, 5.41) is 5.39. The lowest BCUT2D eigenvalue weighted by atomic mass is 10.0. The van der Waals surface area contributed by atoms with Crippen molar-refractivity contribution in [2.24, 2.45) is 0 Å². The van der Waals surface area contributed by atoms with Crippen molar-refractivity contribution in [3.8, 4) is 0 Å². The van der Waals surface area contributed by atoms with Crippen LogP contribution in [0.15, 0.2) is 65.3 Å². The van der Waals surface area contributed by atoms with E-state index in [1.54, 1.807) is 6.26 Å². The summed E-state index contributed by atoms with van der Waals surface area (Å²) in [6.45, 7) is 3.62. The number of nitrogens with zero attached hydrogens (tertiary/aromatic N) is 1. The molecule has 1 aromatic heterocycles. The molecule has 1 fully saturated rings. The summed E-state index contributed by atoms with van der Waals surface area (Å²) in [5.74, 6) is 0.901. The number of carbonyl (C=O) groups is 1. The number of rotatable bonds is 6. The van der Waals surface area contributed by atoms with E-state index in [1.807, 2.05) is 36.4 Å². The summed E-state index contributed by atoms with van der Waals surface area (Å²) in [6, 6.07) is 18.1. The first-order valence-electron chi connectivity index (χ1n) is 9.40. The van der Waals surface area contributed by atoms with Gasteiger partial charge in [-0.2, -0.15) is 0 Å². The topological polar surface area (TPSA) is 54.7 Å². The maximum Gasteiger partial charge on any atom is 0.224 e. The Bertz CT molecular complexity index is 880. The van der Waals surface area contributed by atoms with Gasteiger partial charge >= 0.3 is 0 Å². The molecule has 27 heavy (non-hydrogen) atoms. The van der Waals surface area contributed by atoms with Gasteiger partial charge in [-0.3, -0.25) is 9.69 Å². The van der Waals surface area contributed by atoms with Gasteiger partial charge in [0.25, 0.3) is 0 Å². The lowest BCUT2D eigenvalue weighted by Gasteiger charge is -2.33. The fraction of sp³-hybridized carbons (Fsp3) is 0.318. The van der Waals surface area contributed by atoms with Gasteiger partial charge in [-0.15, -0.1) is 0 Å². The number of carbonyl (C=O) groups excluding carboxylic acids is 1. The molecule has 1 amide bonds. The molecule has 1 N–H and O–H groups in total. The third-order valence-corrected chi connectivity index (χ3v) is 5.08. The maximum atomic E-state index is 12.6. The largest absolute Gasteiger partial charge is 0.468 e. The van der Waals surface area contributed by atoms with Crippen LogP contribution in [0, 0.1) is 0 Å². The molecule has 5 heteroatoms. The number of ether oxygens (including phenoxy) is 1. The first-order valence-corrected chi connectivity index (χ1v) is 9.40. The minimum Gasteiger partial charge on any atom is -0.468 e. The third-order valence-electron chi connectivity index (χ3n) is 5.08. The van der Waals surface area contributed by atoms with Crippen molar-refractivity contribution >= 4 is 16.7 Å². The van der Waals surface area contributed by atoms with Gasteiger partial charge in [0.1, 0.15) is 5.76 Å². The van der Waals surface area contributed by atoms with Crippen molar-refractivity contribution < 1.29 is 13.9 Å². The zero-order chi connectivity index (χ0) is 18.5. The van der Waals surface area contributed by atoms with Gasteiger partial charge in [0.15, 0.2) is 0 Å². The Morgan fingerprint density at radius 1 is 1.04 bits per heavy atom. The predicted molar refractivity (Wildman–Crippen MR) is 105 cm³/mol. The maximum absolute atomic E-state index is 12.6. The zero-order valence-electron chi connectivity index (χ0n) is 15.3. The molecule has 0 spiro atoms. The average Bonchev–Trinajstić information content (AvgIpc) is 3.24. The minimum absolute atomic E-state index is 0.0242. The molecule has 0 aliphatic carbocycles.